The fraction of sp³-hybridized carbons (Fsp3) is 0.444. The van der Waals surface area contributed by atoms with Crippen LogP contribution in [0.3, 0.4) is 0 Å². The average Bonchev–Trinajstić information content (AvgIpc) is 2.46. The number of ether oxygens (including phenoxy) is 1. The van der Waals surface area contributed by atoms with Gasteiger partial charge in [0.25, 0.3) is 0 Å². The van der Waals surface area contributed by atoms with Crippen LogP contribution in [0.2, 0.25) is 0 Å². The maximum absolute atomic E-state index is 6.41. The molecule has 106 valence electrons. The van der Waals surface area contributed by atoms with E-state index in [9.17, 15) is 0 Å². The molecule has 2 heteroatoms. The molecule has 1 heterocycles. The van der Waals surface area contributed by atoms with Gasteiger partial charge in [0.05, 0.1) is 11.7 Å². The number of rotatable bonds is 2. The van der Waals surface area contributed by atoms with Gasteiger partial charge in [-0.3, -0.25) is 0 Å². The van der Waals surface area contributed by atoms with E-state index in [0.717, 1.165) is 13.1 Å². The molecule has 1 aliphatic heterocycles. The van der Waals surface area contributed by atoms with Crippen LogP contribution < -0.4 is 5.32 Å². The van der Waals surface area contributed by atoms with E-state index in [1.807, 2.05) is 0 Å². The van der Waals surface area contributed by atoms with Gasteiger partial charge in [-0.1, -0.05) is 50.2 Å². The van der Waals surface area contributed by atoms with Crippen LogP contribution in [0.5, 0.6) is 0 Å². The average molecular weight is 269 g/mol. The van der Waals surface area contributed by atoms with Gasteiger partial charge in [-0.2, -0.15) is 0 Å². The summed E-state index contributed by atoms with van der Waals surface area (Å²) in [4.78, 5) is 0. The molecule has 2 aromatic rings. The van der Waals surface area contributed by atoms with E-state index in [0.29, 0.717) is 5.92 Å². The van der Waals surface area contributed by atoms with Crippen LogP contribution in [0.15, 0.2) is 42.5 Å². The van der Waals surface area contributed by atoms with E-state index in [1.54, 1.807) is 0 Å². The van der Waals surface area contributed by atoms with Crippen molar-refractivity contribution in [2.24, 2.45) is 5.92 Å². The molecule has 1 saturated heterocycles. The van der Waals surface area contributed by atoms with E-state index in [-0.39, 0.29) is 11.7 Å². The Kier molecular flexibility index (Phi) is 3.53. The number of morpholine rings is 1. The minimum atomic E-state index is -0.0887. The van der Waals surface area contributed by atoms with Crippen molar-refractivity contribution < 1.29 is 4.74 Å². The molecule has 2 unspecified atom stereocenters. The van der Waals surface area contributed by atoms with E-state index in [1.165, 1.54) is 16.3 Å². The fourth-order valence-corrected chi connectivity index (χ4v) is 2.79. The third-order valence-electron chi connectivity index (χ3n) is 4.58. The second kappa shape index (κ2) is 5.19. The largest absolute Gasteiger partial charge is 0.364 e. The fourth-order valence-electron chi connectivity index (χ4n) is 2.79. The predicted octanol–water partition coefficient (Wildman–Crippen LogP) is 3.92. The van der Waals surface area contributed by atoms with Crippen LogP contribution in [0.25, 0.3) is 10.8 Å². The van der Waals surface area contributed by atoms with Crippen molar-refractivity contribution in [2.75, 3.05) is 13.1 Å². The molecule has 2 nitrogen and oxygen atoms in total. The number of hydrogen-bond acceptors (Lipinski definition) is 2. The number of nitrogens with one attached hydrogen (secondary N) is 1. The molecule has 0 saturated carbocycles. The Balaban J connectivity index is 1.90. The summed E-state index contributed by atoms with van der Waals surface area (Å²) in [6.45, 7) is 8.47. The summed E-state index contributed by atoms with van der Waals surface area (Å²) in [5.41, 5.74) is 1.18. The van der Waals surface area contributed by atoms with Crippen molar-refractivity contribution in [1.82, 2.24) is 5.32 Å². The predicted molar refractivity (Wildman–Crippen MR) is 83.9 cm³/mol. The zero-order valence-corrected chi connectivity index (χ0v) is 12.5. The van der Waals surface area contributed by atoms with Crippen molar-refractivity contribution >= 4 is 10.8 Å². The third kappa shape index (κ3) is 2.46. The number of hydrogen-bond donors (Lipinski definition) is 1. The summed E-state index contributed by atoms with van der Waals surface area (Å²) in [5, 5.41) is 6.10. The number of fused-ring (bicyclic) bond motifs is 1. The van der Waals surface area contributed by atoms with Gasteiger partial charge < -0.3 is 10.1 Å². The highest BCUT2D eigenvalue weighted by molar-refractivity contribution is 5.83. The first-order valence-electron chi connectivity index (χ1n) is 7.46. The van der Waals surface area contributed by atoms with E-state index >= 15 is 0 Å². The summed E-state index contributed by atoms with van der Waals surface area (Å²) < 4.78 is 6.41. The number of benzene rings is 2. The Morgan fingerprint density at radius 1 is 1.15 bits per heavy atom. The molecule has 0 amide bonds. The first-order valence-corrected chi connectivity index (χ1v) is 7.46. The molecule has 0 bridgehead atoms. The maximum Gasteiger partial charge on any atom is 0.0957 e. The van der Waals surface area contributed by atoms with Gasteiger partial charge in [0.1, 0.15) is 0 Å². The van der Waals surface area contributed by atoms with Crippen molar-refractivity contribution in [3.8, 4) is 0 Å². The lowest BCUT2D eigenvalue weighted by Gasteiger charge is -2.42. The van der Waals surface area contributed by atoms with Gasteiger partial charge in [0.2, 0.25) is 0 Å². The van der Waals surface area contributed by atoms with Gasteiger partial charge >= 0.3 is 0 Å². The standard InChI is InChI=1S/C18H23NO/c1-13(2)18(3)12-19-11-17(20-18)16-9-8-14-6-4-5-7-15(14)10-16/h4-10,13,17,19H,11-12H2,1-3H3. The molecule has 1 N–H and O–H groups in total. The second-order valence-electron chi connectivity index (χ2n) is 6.31. The summed E-state index contributed by atoms with van der Waals surface area (Å²) in [5.74, 6) is 0.498. The lowest BCUT2D eigenvalue weighted by atomic mass is 9.89. The maximum atomic E-state index is 6.41. The molecule has 0 spiro atoms. The minimum absolute atomic E-state index is 0.0887. The SMILES string of the molecule is CC(C)C1(C)CNCC(c2ccc3ccccc3c2)O1. The quantitative estimate of drug-likeness (QED) is 0.892. The Morgan fingerprint density at radius 2 is 1.90 bits per heavy atom. The normalized spacial score (nSPS) is 27.1. The van der Waals surface area contributed by atoms with Crippen LogP contribution in [0.1, 0.15) is 32.4 Å². The highest BCUT2D eigenvalue weighted by atomic mass is 16.5. The summed E-state index contributed by atoms with van der Waals surface area (Å²) in [6, 6.07) is 15.1. The van der Waals surface area contributed by atoms with Crippen molar-refractivity contribution in [3.05, 3.63) is 48.0 Å². The zero-order valence-electron chi connectivity index (χ0n) is 12.5. The van der Waals surface area contributed by atoms with Crippen LogP contribution in [0.4, 0.5) is 0 Å². The Morgan fingerprint density at radius 3 is 2.65 bits per heavy atom. The first kappa shape index (κ1) is 13.6. The smallest absolute Gasteiger partial charge is 0.0957 e. The summed E-state index contributed by atoms with van der Waals surface area (Å²) >= 11 is 0. The van der Waals surface area contributed by atoms with E-state index < -0.39 is 0 Å². The van der Waals surface area contributed by atoms with Gasteiger partial charge in [0, 0.05) is 13.1 Å². The molecule has 0 aliphatic carbocycles. The molecule has 0 aromatic heterocycles. The molecule has 1 aliphatic rings. The zero-order chi connectivity index (χ0) is 14.2. The minimum Gasteiger partial charge on any atom is -0.364 e. The van der Waals surface area contributed by atoms with Crippen molar-refractivity contribution in [3.63, 3.8) is 0 Å². The van der Waals surface area contributed by atoms with Crippen LogP contribution in [-0.4, -0.2) is 18.7 Å². The monoisotopic (exact) mass is 269 g/mol. The van der Waals surface area contributed by atoms with Gasteiger partial charge in [0.15, 0.2) is 0 Å². The molecular formula is C18H23NO. The van der Waals surface area contributed by atoms with Gasteiger partial charge in [-0.15, -0.1) is 0 Å². The van der Waals surface area contributed by atoms with Crippen LogP contribution in [0, 0.1) is 5.92 Å². The lowest BCUT2D eigenvalue weighted by molar-refractivity contribution is -0.132. The molecular weight excluding hydrogens is 246 g/mol. The molecule has 2 atom stereocenters. The second-order valence-corrected chi connectivity index (χ2v) is 6.31. The molecule has 0 radical (unpaired) electrons. The van der Waals surface area contributed by atoms with Gasteiger partial charge in [-0.25, -0.2) is 0 Å². The molecule has 1 fully saturated rings. The van der Waals surface area contributed by atoms with Crippen molar-refractivity contribution in [2.45, 2.75) is 32.5 Å². The van der Waals surface area contributed by atoms with E-state index in [4.69, 9.17) is 4.74 Å². The van der Waals surface area contributed by atoms with Crippen LogP contribution in [-0.2, 0) is 4.74 Å². The Labute approximate surface area is 121 Å². The molecule has 3 rings (SSSR count). The third-order valence-corrected chi connectivity index (χ3v) is 4.58. The highest BCUT2D eigenvalue weighted by Gasteiger charge is 2.36. The molecule has 2 aromatic carbocycles. The van der Waals surface area contributed by atoms with E-state index in [2.05, 4.69) is 68.6 Å². The Bertz CT molecular complexity index is 607. The topological polar surface area (TPSA) is 21.3 Å². The van der Waals surface area contributed by atoms with Crippen LogP contribution >= 0.6 is 0 Å². The highest BCUT2D eigenvalue weighted by Crippen LogP contribution is 2.33. The van der Waals surface area contributed by atoms with Crippen molar-refractivity contribution in [1.29, 1.82) is 0 Å². The summed E-state index contributed by atoms with van der Waals surface area (Å²) in [6.07, 6.45) is 0.140. The summed E-state index contributed by atoms with van der Waals surface area (Å²) in [7, 11) is 0. The lowest BCUT2D eigenvalue weighted by Crippen LogP contribution is -2.52. The van der Waals surface area contributed by atoms with Gasteiger partial charge in [-0.05, 0) is 35.2 Å². The Hall–Kier alpha value is -1.38. The molecule has 20 heavy (non-hydrogen) atoms. The first-order chi connectivity index (χ1) is 9.58.